The summed E-state index contributed by atoms with van der Waals surface area (Å²) >= 11 is 1.55. The maximum Gasteiger partial charge on any atom is 0.260 e. The van der Waals surface area contributed by atoms with Gasteiger partial charge in [0.05, 0.1) is 11.8 Å². The van der Waals surface area contributed by atoms with Gasteiger partial charge in [-0.1, -0.05) is 35.1 Å². The van der Waals surface area contributed by atoms with Gasteiger partial charge in [-0.05, 0) is 71.1 Å². The van der Waals surface area contributed by atoms with Gasteiger partial charge in [0.15, 0.2) is 5.13 Å². The number of benzene rings is 2. The minimum absolute atomic E-state index is 0.00284. The molecular weight excluding hydrogens is 382 g/mol. The lowest BCUT2D eigenvalue weighted by atomic mass is 10.0. The summed E-state index contributed by atoms with van der Waals surface area (Å²) in [6, 6.07) is 9.93. The van der Waals surface area contributed by atoms with Crippen LogP contribution in [0, 0.1) is 20.8 Å². The lowest BCUT2D eigenvalue weighted by Crippen LogP contribution is -2.33. The van der Waals surface area contributed by atoms with E-state index in [1.165, 1.54) is 0 Å². The number of amides is 1. The number of fused-ring (bicyclic) bond motifs is 1. The summed E-state index contributed by atoms with van der Waals surface area (Å²) in [5.74, 6) is 0.734. The normalized spacial score (nSPS) is 11.3. The van der Waals surface area contributed by atoms with Crippen LogP contribution in [-0.4, -0.2) is 50.1 Å². The fraction of sp³-hybridized carbons (Fsp3) is 0.391. The molecule has 154 valence electrons. The second-order valence-corrected chi connectivity index (χ2v) is 8.67. The van der Waals surface area contributed by atoms with Gasteiger partial charge >= 0.3 is 0 Å². The number of thiazole rings is 1. The first kappa shape index (κ1) is 21.3. The third kappa shape index (κ3) is 4.60. The molecule has 5 nitrogen and oxygen atoms in total. The van der Waals surface area contributed by atoms with Crippen LogP contribution in [0.4, 0.5) is 5.13 Å². The Morgan fingerprint density at radius 3 is 2.48 bits per heavy atom. The zero-order valence-electron chi connectivity index (χ0n) is 18.1. The van der Waals surface area contributed by atoms with Gasteiger partial charge in [-0.3, -0.25) is 9.69 Å². The zero-order valence-corrected chi connectivity index (χ0v) is 18.9. The van der Waals surface area contributed by atoms with E-state index in [0.29, 0.717) is 6.54 Å². The number of aromatic nitrogens is 1. The SMILES string of the molecule is COc1ccc(C)c2sc(N(CCCN(C)C)C(=O)c3ccc(C)cc3C)nc12. The van der Waals surface area contributed by atoms with Crippen molar-refractivity contribution >= 4 is 32.6 Å². The van der Waals surface area contributed by atoms with E-state index >= 15 is 0 Å². The number of carbonyl (C=O) groups excluding carboxylic acids is 1. The summed E-state index contributed by atoms with van der Waals surface area (Å²) in [6.07, 6.45) is 0.871. The summed E-state index contributed by atoms with van der Waals surface area (Å²) in [4.78, 5) is 22.3. The predicted octanol–water partition coefficient (Wildman–Crippen LogP) is 4.83. The van der Waals surface area contributed by atoms with E-state index in [9.17, 15) is 4.79 Å². The molecular formula is C23H29N3O2S. The van der Waals surface area contributed by atoms with Crippen molar-refractivity contribution in [2.45, 2.75) is 27.2 Å². The van der Waals surface area contributed by atoms with Crippen LogP contribution in [0.5, 0.6) is 5.75 Å². The van der Waals surface area contributed by atoms with Crippen molar-refractivity contribution in [3.8, 4) is 5.75 Å². The second kappa shape index (κ2) is 8.93. The molecule has 1 amide bonds. The molecule has 0 saturated carbocycles. The van der Waals surface area contributed by atoms with E-state index in [0.717, 1.165) is 56.3 Å². The fourth-order valence-corrected chi connectivity index (χ4v) is 4.48. The Labute approximate surface area is 176 Å². The molecule has 0 bridgehead atoms. The molecule has 0 unspecified atom stereocenters. The number of rotatable bonds is 7. The Kier molecular flexibility index (Phi) is 6.55. The largest absolute Gasteiger partial charge is 0.494 e. The summed E-state index contributed by atoms with van der Waals surface area (Å²) in [7, 11) is 5.74. The van der Waals surface area contributed by atoms with E-state index in [1.807, 2.05) is 57.1 Å². The molecule has 3 rings (SSSR count). The number of methoxy groups -OCH3 is 1. The smallest absolute Gasteiger partial charge is 0.260 e. The number of anilines is 1. The quantitative estimate of drug-likeness (QED) is 0.559. The standard InChI is InChI=1S/C23H29N3O2S/c1-15-8-10-18(17(3)14-15)22(27)26(13-7-12-25(4)5)23-24-20-19(28-6)11-9-16(2)21(20)29-23/h8-11,14H,7,12-13H2,1-6H3. The van der Waals surface area contributed by atoms with E-state index in [4.69, 9.17) is 9.72 Å². The molecule has 0 aliphatic rings. The molecule has 0 aliphatic heterocycles. The van der Waals surface area contributed by atoms with Crippen LogP contribution in [0.15, 0.2) is 30.3 Å². The molecule has 0 aliphatic carbocycles. The van der Waals surface area contributed by atoms with Gasteiger partial charge in [0.1, 0.15) is 11.3 Å². The first-order valence-electron chi connectivity index (χ1n) is 9.79. The van der Waals surface area contributed by atoms with Crippen molar-refractivity contribution < 1.29 is 9.53 Å². The molecule has 1 aromatic heterocycles. The van der Waals surface area contributed by atoms with Crippen molar-refractivity contribution in [2.75, 3.05) is 39.2 Å². The minimum Gasteiger partial charge on any atom is -0.494 e. The lowest BCUT2D eigenvalue weighted by molar-refractivity contribution is 0.0985. The van der Waals surface area contributed by atoms with Crippen LogP contribution in [0.1, 0.15) is 33.5 Å². The number of hydrogen-bond donors (Lipinski definition) is 0. The number of ether oxygens (including phenoxy) is 1. The maximum absolute atomic E-state index is 13.5. The van der Waals surface area contributed by atoms with Gasteiger partial charge in [-0.2, -0.15) is 0 Å². The molecule has 6 heteroatoms. The van der Waals surface area contributed by atoms with E-state index in [1.54, 1.807) is 18.4 Å². The summed E-state index contributed by atoms with van der Waals surface area (Å²) in [6.45, 7) is 7.62. The van der Waals surface area contributed by atoms with Crippen molar-refractivity contribution in [1.82, 2.24) is 9.88 Å². The van der Waals surface area contributed by atoms with Gasteiger partial charge in [-0.15, -0.1) is 0 Å². The molecule has 3 aromatic rings. The van der Waals surface area contributed by atoms with Gasteiger partial charge < -0.3 is 9.64 Å². The highest BCUT2D eigenvalue weighted by atomic mass is 32.1. The number of hydrogen-bond acceptors (Lipinski definition) is 5. The Hall–Kier alpha value is -2.44. The topological polar surface area (TPSA) is 45.7 Å². The summed E-state index contributed by atoms with van der Waals surface area (Å²) in [5, 5.41) is 0.719. The molecule has 0 radical (unpaired) electrons. The van der Waals surface area contributed by atoms with Gasteiger partial charge in [0.25, 0.3) is 5.91 Å². The molecule has 29 heavy (non-hydrogen) atoms. The van der Waals surface area contributed by atoms with Gasteiger partial charge in [-0.25, -0.2) is 4.98 Å². The van der Waals surface area contributed by atoms with Gasteiger partial charge in [0, 0.05) is 12.1 Å². The van der Waals surface area contributed by atoms with Gasteiger partial charge in [0.2, 0.25) is 0 Å². The van der Waals surface area contributed by atoms with E-state index in [2.05, 4.69) is 17.9 Å². The van der Waals surface area contributed by atoms with Crippen LogP contribution >= 0.6 is 11.3 Å². The number of aryl methyl sites for hydroxylation is 3. The summed E-state index contributed by atoms with van der Waals surface area (Å²) in [5.41, 5.74) is 4.82. The van der Waals surface area contributed by atoms with Crippen LogP contribution in [-0.2, 0) is 0 Å². The highest BCUT2D eigenvalue weighted by Gasteiger charge is 2.23. The monoisotopic (exact) mass is 411 g/mol. The Morgan fingerprint density at radius 2 is 1.83 bits per heavy atom. The predicted molar refractivity (Wildman–Crippen MR) is 122 cm³/mol. The maximum atomic E-state index is 13.5. The Balaban J connectivity index is 2.04. The Morgan fingerprint density at radius 1 is 1.07 bits per heavy atom. The van der Waals surface area contributed by atoms with Crippen molar-refractivity contribution in [3.63, 3.8) is 0 Å². The lowest BCUT2D eigenvalue weighted by Gasteiger charge is -2.22. The van der Waals surface area contributed by atoms with Crippen LogP contribution < -0.4 is 9.64 Å². The molecule has 0 atom stereocenters. The molecule has 0 N–H and O–H groups in total. The average Bonchev–Trinajstić information content (AvgIpc) is 3.11. The van der Waals surface area contributed by atoms with Crippen LogP contribution in [0.25, 0.3) is 10.2 Å². The Bertz CT molecular complexity index is 1030. The molecule has 0 saturated heterocycles. The van der Waals surface area contributed by atoms with Crippen molar-refractivity contribution in [3.05, 3.63) is 52.6 Å². The highest BCUT2D eigenvalue weighted by Crippen LogP contribution is 2.37. The van der Waals surface area contributed by atoms with E-state index in [-0.39, 0.29) is 5.91 Å². The highest BCUT2D eigenvalue weighted by molar-refractivity contribution is 7.22. The third-order valence-electron chi connectivity index (χ3n) is 4.99. The van der Waals surface area contributed by atoms with Crippen molar-refractivity contribution in [1.29, 1.82) is 0 Å². The first-order valence-corrected chi connectivity index (χ1v) is 10.6. The molecule has 2 aromatic carbocycles. The first-order chi connectivity index (χ1) is 13.8. The second-order valence-electron chi connectivity index (χ2n) is 7.69. The van der Waals surface area contributed by atoms with Crippen LogP contribution in [0.2, 0.25) is 0 Å². The average molecular weight is 412 g/mol. The minimum atomic E-state index is -0.00284. The fourth-order valence-electron chi connectivity index (χ4n) is 3.41. The third-order valence-corrected chi connectivity index (χ3v) is 6.20. The zero-order chi connectivity index (χ0) is 21.1. The molecule has 0 spiro atoms. The van der Waals surface area contributed by atoms with Crippen LogP contribution in [0.3, 0.4) is 0 Å². The summed E-state index contributed by atoms with van der Waals surface area (Å²) < 4.78 is 6.56. The molecule has 0 fully saturated rings. The molecule has 1 heterocycles. The number of carbonyl (C=O) groups is 1. The van der Waals surface area contributed by atoms with Crippen molar-refractivity contribution in [2.24, 2.45) is 0 Å². The van der Waals surface area contributed by atoms with E-state index < -0.39 is 0 Å². The number of nitrogens with zero attached hydrogens (tertiary/aromatic N) is 3.